The average molecular weight is 173 g/mol. The van der Waals surface area contributed by atoms with Crippen molar-refractivity contribution in [2.75, 3.05) is 5.73 Å². The van der Waals surface area contributed by atoms with Crippen LogP contribution in [0.3, 0.4) is 0 Å². The van der Waals surface area contributed by atoms with E-state index < -0.39 is 5.91 Å². The molecule has 1 heterocycles. The molecule has 6 heteroatoms. The van der Waals surface area contributed by atoms with E-state index in [-0.39, 0.29) is 16.5 Å². The minimum Gasteiger partial charge on any atom is -0.382 e. The molecule has 1 rings (SSSR count). The molecule has 0 unspecified atom stereocenters. The van der Waals surface area contributed by atoms with Gasteiger partial charge in [0, 0.05) is 0 Å². The highest BCUT2D eigenvalue weighted by molar-refractivity contribution is 6.35. The normalized spacial score (nSPS) is 9.55. The maximum absolute atomic E-state index is 10.6. The van der Waals surface area contributed by atoms with Crippen molar-refractivity contribution in [1.29, 1.82) is 0 Å². The smallest absolute Gasteiger partial charge is 0.269 e. The maximum atomic E-state index is 10.6. The number of anilines is 1. The first-order valence-electron chi connectivity index (χ1n) is 2.68. The van der Waals surface area contributed by atoms with E-state index in [2.05, 4.69) is 9.97 Å². The predicted octanol–water partition coefficient (Wildman–Crippen LogP) is -0.189. The van der Waals surface area contributed by atoms with Gasteiger partial charge in [0.15, 0.2) is 5.69 Å². The summed E-state index contributed by atoms with van der Waals surface area (Å²) < 4.78 is 0. The van der Waals surface area contributed by atoms with Gasteiger partial charge in [-0.3, -0.25) is 4.79 Å². The quantitative estimate of drug-likeness (QED) is 0.614. The van der Waals surface area contributed by atoms with E-state index in [1.54, 1.807) is 0 Å². The highest BCUT2D eigenvalue weighted by Gasteiger charge is 2.10. The van der Waals surface area contributed by atoms with Crippen LogP contribution < -0.4 is 11.5 Å². The zero-order chi connectivity index (χ0) is 8.43. The molecule has 0 aromatic carbocycles. The number of carbonyl (C=O) groups excluding carboxylic acids is 1. The standard InChI is InChI=1S/C5H5ClN4O/c6-2-3(5(8)11)9-1-10-4(2)7/h1H,(H2,8,11)(H2,7,9,10). The zero-order valence-corrected chi connectivity index (χ0v) is 6.17. The SMILES string of the molecule is NC(=O)c1ncnc(N)c1Cl. The van der Waals surface area contributed by atoms with Crippen LogP contribution in [0, 0.1) is 0 Å². The van der Waals surface area contributed by atoms with Crippen LogP contribution in [0.2, 0.25) is 5.02 Å². The molecule has 4 N–H and O–H groups in total. The largest absolute Gasteiger partial charge is 0.382 e. The van der Waals surface area contributed by atoms with Gasteiger partial charge in [-0.1, -0.05) is 11.6 Å². The topological polar surface area (TPSA) is 94.9 Å². The fourth-order valence-electron chi connectivity index (χ4n) is 0.555. The number of amides is 1. The van der Waals surface area contributed by atoms with Crippen LogP contribution >= 0.6 is 11.6 Å². The molecular formula is C5H5ClN4O. The van der Waals surface area contributed by atoms with Gasteiger partial charge in [-0.15, -0.1) is 0 Å². The van der Waals surface area contributed by atoms with Crippen molar-refractivity contribution in [2.24, 2.45) is 5.73 Å². The molecule has 0 spiro atoms. The molecule has 0 saturated heterocycles. The summed E-state index contributed by atoms with van der Waals surface area (Å²) in [7, 11) is 0. The summed E-state index contributed by atoms with van der Waals surface area (Å²) in [6.07, 6.45) is 1.13. The number of rotatable bonds is 1. The first-order valence-corrected chi connectivity index (χ1v) is 3.06. The molecule has 1 amide bonds. The second kappa shape index (κ2) is 2.71. The molecule has 0 aliphatic rings. The van der Waals surface area contributed by atoms with Crippen LogP contribution in [0.15, 0.2) is 6.33 Å². The Labute approximate surface area is 67.4 Å². The van der Waals surface area contributed by atoms with Gasteiger partial charge in [0.05, 0.1) is 0 Å². The minimum absolute atomic E-state index is 0.000000000000000222. The second-order valence-electron chi connectivity index (χ2n) is 1.79. The van der Waals surface area contributed by atoms with Gasteiger partial charge in [-0.25, -0.2) is 9.97 Å². The summed E-state index contributed by atoms with van der Waals surface area (Å²) in [5.74, 6) is -0.667. The van der Waals surface area contributed by atoms with Crippen LogP contribution in [0.25, 0.3) is 0 Å². The molecule has 0 bridgehead atoms. The lowest BCUT2D eigenvalue weighted by Gasteiger charge is -1.98. The highest BCUT2D eigenvalue weighted by atomic mass is 35.5. The number of halogens is 1. The lowest BCUT2D eigenvalue weighted by Crippen LogP contribution is -2.14. The molecule has 0 saturated carbocycles. The van der Waals surface area contributed by atoms with E-state index >= 15 is 0 Å². The van der Waals surface area contributed by atoms with E-state index in [0.717, 1.165) is 6.33 Å². The summed E-state index contributed by atoms with van der Waals surface area (Å²) in [6.45, 7) is 0. The highest BCUT2D eigenvalue weighted by Crippen LogP contribution is 2.17. The van der Waals surface area contributed by atoms with Crippen LogP contribution in [-0.4, -0.2) is 15.9 Å². The second-order valence-corrected chi connectivity index (χ2v) is 2.16. The average Bonchev–Trinajstić information content (AvgIpc) is 1.94. The number of nitrogens with zero attached hydrogens (tertiary/aromatic N) is 2. The Morgan fingerprint density at radius 3 is 2.64 bits per heavy atom. The Bertz CT molecular complexity index is 301. The molecule has 5 nitrogen and oxygen atoms in total. The van der Waals surface area contributed by atoms with Crippen molar-refractivity contribution in [3.8, 4) is 0 Å². The van der Waals surface area contributed by atoms with Gasteiger partial charge in [0.1, 0.15) is 17.2 Å². The molecule has 1 aromatic heterocycles. The third-order valence-electron chi connectivity index (χ3n) is 1.05. The fraction of sp³-hybridized carbons (Fsp3) is 0. The summed E-state index contributed by atoms with van der Waals surface area (Å²) >= 11 is 5.54. The van der Waals surface area contributed by atoms with E-state index in [4.69, 9.17) is 23.1 Å². The van der Waals surface area contributed by atoms with Crippen LogP contribution in [0.4, 0.5) is 5.82 Å². The van der Waals surface area contributed by atoms with Crippen molar-refractivity contribution >= 4 is 23.3 Å². The Morgan fingerprint density at radius 2 is 2.18 bits per heavy atom. The molecule has 0 fully saturated rings. The van der Waals surface area contributed by atoms with Crippen molar-refractivity contribution in [2.45, 2.75) is 0 Å². The first kappa shape index (κ1) is 7.74. The van der Waals surface area contributed by atoms with Crippen molar-refractivity contribution < 1.29 is 4.79 Å². The summed E-state index contributed by atoms with van der Waals surface area (Å²) in [4.78, 5) is 17.7. The molecule has 0 atom stereocenters. The van der Waals surface area contributed by atoms with Gasteiger partial charge < -0.3 is 11.5 Å². The van der Waals surface area contributed by atoms with E-state index in [1.165, 1.54) is 0 Å². The number of hydrogen-bond acceptors (Lipinski definition) is 4. The lowest BCUT2D eigenvalue weighted by molar-refractivity contribution is 0.0995. The molecule has 0 aliphatic carbocycles. The van der Waals surface area contributed by atoms with E-state index in [9.17, 15) is 4.79 Å². The third kappa shape index (κ3) is 1.38. The molecule has 11 heavy (non-hydrogen) atoms. The molecule has 0 aliphatic heterocycles. The molecular weight excluding hydrogens is 168 g/mol. The Balaban J connectivity index is 3.27. The van der Waals surface area contributed by atoms with Crippen molar-refractivity contribution in [1.82, 2.24) is 9.97 Å². The first-order chi connectivity index (χ1) is 5.13. The molecule has 1 aromatic rings. The third-order valence-corrected chi connectivity index (χ3v) is 1.42. The number of carbonyl (C=O) groups is 1. The maximum Gasteiger partial charge on any atom is 0.269 e. The number of nitrogens with two attached hydrogens (primary N) is 2. The summed E-state index contributed by atoms with van der Waals surface area (Å²) in [5, 5.41) is 0.000000000000000222. The zero-order valence-electron chi connectivity index (χ0n) is 5.41. The number of aromatic nitrogens is 2. The van der Waals surface area contributed by atoms with Crippen molar-refractivity contribution in [3.63, 3.8) is 0 Å². The number of primary amides is 1. The summed E-state index contributed by atoms with van der Waals surface area (Å²) in [5.41, 5.74) is 10.1. The van der Waals surface area contributed by atoms with E-state index in [0.29, 0.717) is 0 Å². The van der Waals surface area contributed by atoms with Gasteiger partial charge in [0.25, 0.3) is 5.91 Å². The van der Waals surface area contributed by atoms with E-state index in [1.807, 2.05) is 0 Å². The minimum atomic E-state index is -0.718. The number of nitrogen functional groups attached to an aromatic ring is 1. The van der Waals surface area contributed by atoms with Crippen LogP contribution in [-0.2, 0) is 0 Å². The van der Waals surface area contributed by atoms with Gasteiger partial charge in [0.2, 0.25) is 0 Å². The lowest BCUT2D eigenvalue weighted by atomic mass is 10.4. The monoisotopic (exact) mass is 172 g/mol. The number of hydrogen-bond donors (Lipinski definition) is 2. The Morgan fingerprint density at radius 1 is 1.55 bits per heavy atom. The summed E-state index contributed by atoms with van der Waals surface area (Å²) in [6, 6.07) is 0. The van der Waals surface area contributed by atoms with Gasteiger partial charge >= 0.3 is 0 Å². The van der Waals surface area contributed by atoms with Gasteiger partial charge in [-0.2, -0.15) is 0 Å². The Kier molecular flexibility index (Phi) is 1.91. The fourth-order valence-corrected chi connectivity index (χ4v) is 0.746. The molecule has 58 valence electrons. The predicted molar refractivity (Wildman–Crippen MR) is 40.0 cm³/mol. The van der Waals surface area contributed by atoms with Gasteiger partial charge in [-0.05, 0) is 0 Å². The van der Waals surface area contributed by atoms with Crippen LogP contribution in [0.1, 0.15) is 10.5 Å². The van der Waals surface area contributed by atoms with Crippen LogP contribution in [0.5, 0.6) is 0 Å². The Hall–Kier alpha value is -1.36. The molecule has 0 radical (unpaired) electrons. The van der Waals surface area contributed by atoms with Crippen molar-refractivity contribution in [3.05, 3.63) is 17.0 Å².